The summed E-state index contributed by atoms with van der Waals surface area (Å²) in [5.41, 5.74) is 0.0833. The number of rotatable bonds is 7. The third-order valence-electron chi connectivity index (χ3n) is 4.61. The molecule has 0 aliphatic carbocycles. The molecule has 2 heterocycles. The quantitative estimate of drug-likeness (QED) is 0.540. The van der Waals surface area contributed by atoms with Gasteiger partial charge in [0.15, 0.2) is 5.82 Å². The number of nitrogens with one attached hydrogen (secondary N) is 1. The number of nitrogens with zero attached hydrogens (tertiary/aromatic N) is 5. The number of alkyl halides is 3. The van der Waals surface area contributed by atoms with Gasteiger partial charge in [-0.15, -0.1) is 5.10 Å². The Balaban J connectivity index is 1.89. The molecule has 0 radical (unpaired) electrons. The minimum atomic E-state index is -4.83. The molecule has 3 aromatic rings. The molecule has 11 heteroatoms. The highest BCUT2D eigenvalue weighted by molar-refractivity contribution is 5.75. The van der Waals surface area contributed by atoms with Crippen LogP contribution in [0.5, 0.6) is 0 Å². The molecule has 0 aliphatic rings. The van der Waals surface area contributed by atoms with E-state index in [4.69, 9.17) is 0 Å². The molecule has 1 amide bonds. The molecule has 2 aromatic heterocycles. The molecule has 0 atom stereocenters. The average Bonchev–Trinajstić information content (AvgIpc) is 3.11. The van der Waals surface area contributed by atoms with Crippen LogP contribution in [0.3, 0.4) is 0 Å². The van der Waals surface area contributed by atoms with Gasteiger partial charge in [0.1, 0.15) is 5.82 Å². The number of amides is 1. The Hall–Kier alpha value is -3.50. The summed E-state index contributed by atoms with van der Waals surface area (Å²) in [5.74, 6) is -0.877. The summed E-state index contributed by atoms with van der Waals surface area (Å²) < 4.78 is 54.2. The summed E-state index contributed by atoms with van der Waals surface area (Å²) >= 11 is 0. The van der Waals surface area contributed by atoms with Gasteiger partial charge in [-0.1, -0.05) is 0 Å². The van der Waals surface area contributed by atoms with Gasteiger partial charge in [-0.05, 0) is 43.7 Å². The second kappa shape index (κ2) is 9.33. The minimum absolute atomic E-state index is 0.00359. The molecule has 1 aromatic carbocycles. The van der Waals surface area contributed by atoms with E-state index in [0.717, 1.165) is 11.8 Å². The van der Waals surface area contributed by atoms with E-state index < -0.39 is 17.6 Å². The van der Waals surface area contributed by atoms with Crippen molar-refractivity contribution in [3.63, 3.8) is 0 Å². The van der Waals surface area contributed by atoms with Gasteiger partial charge < -0.3 is 10.2 Å². The van der Waals surface area contributed by atoms with Gasteiger partial charge in [0.05, 0.1) is 5.56 Å². The Bertz CT molecular complexity index is 1110. The van der Waals surface area contributed by atoms with Crippen molar-refractivity contribution in [2.45, 2.75) is 32.5 Å². The molecule has 0 bridgehead atoms. The van der Waals surface area contributed by atoms with Crippen LogP contribution >= 0.6 is 0 Å². The standard InChI is InChI=1S/C21H22F4N6O/c1-13-11-14(8-9-26-13)19-28-20(29-31(19)10-4-5-18(32)30(2)3)27-15-6-7-17(22)16(12-15)21(23,24)25/h6-9,11-12H,4-5,10H2,1-3H3,(H,27,29). The van der Waals surface area contributed by atoms with Crippen molar-refractivity contribution < 1.29 is 22.4 Å². The maximum atomic E-state index is 13.6. The number of anilines is 2. The topological polar surface area (TPSA) is 75.9 Å². The highest BCUT2D eigenvalue weighted by atomic mass is 19.4. The minimum Gasteiger partial charge on any atom is -0.349 e. The lowest BCUT2D eigenvalue weighted by molar-refractivity contribution is -0.140. The predicted octanol–water partition coefficient (Wildman–Crippen LogP) is 4.42. The SMILES string of the molecule is Cc1cc(-c2nc(Nc3ccc(F)c(C(F)(F)F)c3)nn2CCCC(=O)N(C)C)ccn1. The van der Waals surface area contributed by atoms with Crippen molar-refractivity contribution in [3.8, 4) is 11.4 Å². The summed E-state index contributed by atoms with van der Waals surface area (Å²) in [6.45, 7) is 2.18. The first-order valence-electron chi connectivity index (χ1n) is 9.76. The van der Waals surface area contributed by atoms with E-state index in [1.807, 2.05) is 6.92 Å². The first-order chi connectivity index (χ1) is 15.0. The molecule has 0 aliphatic heterocycles. The lowest BCUT2D eigenvalue weighted by Crippen LogP contribution is -2.21. The van der Waals surface area contributed by atoms with Crippen LogP contribution in [0.4, 0.5) is 29.2 Å². The molecule has 1 N–H and O–H groups in total. The number of carbonyl (C=O) groups is 1. The number of carbonyl (C=O) groups excluding carboxylic acids is 1. The molecule has 0 saturated carbocycles. The maximum absolute atomic E-state index is 13.6. The molecule has 32 heavy (non-hydrogen) atoms. The number of pyridine rings is 1. The monoisotopic (exact) mass is 450 g/mol. The predicted molar refractivity (Wildman–Crippen MR) is 111 cm³/mol. The van der Waals surface area contributed by atoms with Crippen LogP contribution in [0.25, 0.3) is 11.4 Å². The largest absolute Gasteiger partial charge is 0.419 e. The van der Waals surface area contributed by atoms with Gasteiger partial charge in [-0.3, -0.25) is 9.78 Å². The van der Waals surface area contributed by atoms with Gasteiger partial charge in [0.2, 0.25) is 11.9 Å². The number of hydrogen-bond donors (Lipinski definition) is 1. The van der Waals surface area contributed by atoms with Gasteiger partial charge in [-0.2, -0.15) is 18.2 Å². The van der Waals surface area contributed by atoms with E-state index >= 15 is 0 Å². The van der Waals surface area contributed by atoms with Crippen molar-refractivity contribution >= 4 is 17.5 Å². The van der Waals surface area contributed by atoms with Crippen molar-refractivity contribution in [1.29, 1.82) is 0 Å². The van der Waals surface area contributed by atoms with Crippen molar-refractivity contribution in [2.24, 2.45) is 0 Å². The molecule has 170 valence electrons. The molecule has 7 nitrogen and oxygen atoms in total. The fraction of sp³-hybridized carbons (Fsp3) is 0.333. The molecule has 0 saturated heterocycles. The van der Waals surface area contributed by atoms with Crippen LogP contribution < -0.4 is 5.32 Å². The van der Waals surface area contributed by atoms with E-state index in [2.05, 4.69) is 20.4 Å². The fourth-order valence-electron chi connectivity index (χ4n) is 3.00. The van der Waals surface area contributed by atoms with Crippen LogP contribution in [0.15, 0.2) is 36.5 Å². The third-order valence-corrected chi connectivity index (χ3v) is 4.61. The summed E-state index contributed by atoms with van der Waals surface area (Å²) in [7, 11) is 3.34. The summed E-state index contributed by atoms with van der Waals surface area (Å²) in [5, 5.41) is 7.05. The smallest absolute Gasteiger partial charge is 0.349 e. The van der Waals surface area contributed by atoms with Crippen molar-refractivity contribution in [2.75, 3.05) is 19.4 Å². The van der Waals surface area contributed by atoms with Gasteiger partial charge in [-0.25, -0.2) is 9.07 Å². The molecular formula is C21H22F4N6O. The van der Waals surface area contributed by atoms with E-state index in [9.17, 15) is 22.4 Å². The molecule has 0 spiro atoms. The van der Waals surface area contributed by atoms with Crippen LogP contribution in [-0.2, 0) is 17.5 Å². The van der Waals surface area contributed by atoms with Crippen LogP contribution in [0.1, 0.15) is 24.1 Å². The average molecular weight is 450 g/mol. The zero-order valence-electron chi connectivity index (χ0n) is 17.7. The van der Waals surface area contributed by atoms with E-state index in [1.165, 1.54) is 11.0 Å². The second-order valence-corrected chi connectivity index (χ2v) is 7.38. The Kier molecular flexibility index (Phi) is 6.75. The highest BCUT2D eigenvalue weighted by Crippen LogP contribution is 2.33. The first-order valence-corrected chi connectivity index (χ1v) is 9.76. The molecular weight excluding hydrogens is 428 g/mol. The number of aromatic nitrogens is 4. The summed E-state index contributed by atoms with van der Waals surface area (Å²) in [6.07, 6.45) is -2.42. The summed E-state index contributed by atoms with van der Waals surface area (Å²) in [4.78, 5) is 21.9. The molecule has 0 unspecified atom stereocenters. The summed E-state index contributed by atoms with van der Waals surface area (Å²) in [6, 6.07) is 6.12. The van der Waals surface area contributed by atoms with Gasteiger partial charge in [0.25, 0.3) is 0 Å². The Morgan fingerprint density at radius 2 is 1.94 bits per heavy atom. The lowest BCUT2D eigenvalue weighted by atomic mass is 10.2. The molecule has 3 rings (SSSR count). The second-order valence-electron chi connectivity index (χ2n) is 7.38. The van der Waals surface area contributed by atoms with Crippen molar-refractivity contribution in [3.05, 3.63) is 53.6 Å². The van der Waals surface area contributed by atoms with Crippen LogP contribution in [0, 0.1) is 12.7 Å². The molecule has 0 fully saturated rings. The Morgan fingerprint density at radius 3 is 2.59 bits per heavy atom. The number of hydrogen-bond acceptors (Lipinski definition) is 5. The third kappa shape index (κ3) is 5.59. The first kappa shape index (κ1) is 23.2. The van der Waals surface area contributed by atoms with Gasteiger partial charge >= 0.3 is 6.18 Å². The number of halogens is 4. The zero-order valence-corrected chi connectivity index (χ0v) is 17.7. The number of aryl methyl sites for hydroxylation is 2. The maximum Gasteiger partial charge on any atom is 0.419 e. The van der Waals surface area contributed by atoms with Crippen molar-refractivity contribution in [1.82, 2.24) is 24.6 Å². The zero-order chi connectivity index (χ0) is 23.5. The van der Waals surface area contributed by atoms with E-state index in [1.54, 1.807) is 37.1 Å². The van der Waals surface area contributed by atoms with Crippen LogP contribution in [0.2, 0.25) is 0 Å². The highest BCUT2D eigenvalue weighted by Gasteiger charge is 2.34. The van der Waals surface area contributed by atoms with Crippen LogP contribution in [-0.4, -0.2) is 44.7 Å². The Labute approximate surface area is 182 Å². The van der Waals surface area contributed by atoms with E-state index in [-0.39, 0.29) is 17.5 Å². The lowest BCUT2D eigenvalue weighted by Gasteiger charge is -2.10. The Morgan fingerprint density at radius 1 is 1.19 bits per heavy atom. The van der Waals surface area contributed by atoms with Gasteiger partial charge in [0, 0.05) is 50.2 Å². The van der Waals surface area contributed by atoms with E-state index in [0.29, 0.717) is 36.8 Å². The number of benzene rings is 1. The fourth-order valence-corrected chi connectivity index (χ4v) is 3.00. The normalized spacial score (nSPS) is 11.5.